The van der Waals surface area contributed by atoms with Crippen LogP contribution in [0.3, 0.4) is 0 Å². The van der Waals surface area contributed by atoms with E-state index in [0.717, 1.165) is 5.56 Å². The van der Waals surface area contributed by atoms with Gasteiger partial charge in [-0.2, -0.15) is 0 Å². The Kier molecular flexibility index (Phi) is 4.23. The summed E-state index contributed by atoms with van der Waals surface area (Å²) < 4.78 is 9.67. The van der Waals surface area contributed by atoms with Gasteiger partial charge in [0.05, 0.1) is 4.92 Å². The number of nitrogens with zero attached hydrogens (tertiary/aromatic N) is 2. The van der Waals surface area contributed by atoms with Crippen LogP contribution in [0.4, 0.5) is 10.5 Å². The van der Waals surface area contributed by atoms with E-state index in [2.05, 4.69) is 4.98 Å². The molecule has 0 bridgehead atoms. The van der Waals surface area contributed by atoms with Crippen LogP contribution in [0.2, 0.25) is 0 Å². The van der Waals surface area contributed by atoms with Crippen molar-refractivity contribution in [1.29, 1.82) is 0 Å². The molecule has 102 valence electrons. The number of nitro groups is 1. The van der Waals surface area contributed by atoms with Crippen LogP contribution in [0, 0.1) is 10.1 Å². The van der Waals surface area contributed by atoms with E-state index in [1.807, 2.05) is 0 Å². The number of rotatable bonds is 4. The van der Waals surface area contributed by atoms with Gasteiger partial charge in [-0.25, -0.2) is 4.79 Å². The molecule has 0 atom stereocenters. The number of carbonyl (C=O) groups excluding carboxylic acids is 1. The van der Waals surface area contributed by atoms with Crippen molar-refractivity contribution in [3.8, 4) is 5.75 Å². The van der Waals surface area contributed by atoms with Crippen LogP contribution in [0.25, 0.3) is 0 Å². The lowest BCUT2D eigenvalue weighted by Crippen LogP contribution is -2.11. The van der Waals surface area contributed by atoms with E-state index in [1.54, 1.807) is 24.5 Å². The maximum atomic E-state index is 11.5. The highest BCUT2D eigenvalue weighted by molar-refractivity contribution is 5.66. The topological polar surface area (TPSA) is 91.6 Å². The van der Waals surface area contributed by atoms with Gasteiger partial charge < -0.3 is 9.47 Å². The maximum absolute atomic E-state index is 11.5. The fourth-order valence-corrected chi connectivity index (χ4v) is 1.43. The number of hydrogen-bond donors (Lipinski definition) is 0. The van der Waals surface area contributed by atoms with Crippen LogP contribution in [0.5, 0.6) is 5.75 Å². The quantitative estimate of drug-likeness (QED) is 0.368. The van der Waals surface area contributed by atoms with Crippen molar-refractivity contribution in [3.63, 3.8) is 0 Å². The highest BCUT2D eigenvalue weighted by atomic mass is 16.7. The molecule has 7 nitrogen and oxygen atoms in total. The third-order valence-electron chi connectivity index (χ3n) is 2.36. The lowest BCUT2D eigenvalue weighted by molar-refractivity contribution is -0.385. The molecule has 0 aliphatic rings. The summed E-state index contributed by atoms with van der Waals surface area (Å²) in [6.45, 7) is 0.00197. The van der Waals surface area contributed by atoms with Gasteiger partial charge in [0.2, 0.25) is 5.75 Å². The summed E-state index contributed by atoms with van der Waals surface area (Å²) in [5.41, 5.74) is 0.438. The van der Waals surface area contributed by atoms with Gasteiger partial charge in [-0.1, -0.05) is 12.1 Å². The molecule has 0 radical (unpaired) electrons. The number of pyridine rings is 1. The summed E-state index contributed by atoms with van der Waals surface area (Å²) in [6.07, 6.45) is 2.12. The van der Waals surface area contributed by atoms with Crippen molar-refractivity contribution in [2.24, 2.45) is 0 Å². The number of aromatic nitrogens is 1. The maximum Gasteiger partial charge on any atom is 0.514 e. The van der Waals surface area contributed by atoms with Crippen LogP contribution in [0.15, 0.2) is 48.8 Å². The smallest absolute Gasteiger partial charge is 0.429 e. The van der Waals surface area contributed by atoms with Crippen LogP contribution < -0.4 is 4.74 Å². The molecule has 1 aromatic carbocycles. The monoisotopic (exact) mass is 274 g/mol. The zero-order valence-electron chi connectivity index (χ0n) is 10.3. The van der Waals surface area contributed by atoms with E-state index in [9.17, 15) is 14.9 Å². The van der Waals surface area contributed by atoms with Gasteiger partial charge in [0.15, 0.2) is 0 Å². The third kappa shape index (κ3) is 3.52. The number of nitro benzene ring substituents is 1. The Morgan fingerprint density at radius 1 is 1.20 bits per heavy atom. The number of ether oxygens (including phenoxy) is 2. The molecule has 2 aromatic rings. The summed E-state index contributed by atoms with van der Waals surface area (Å²) in [7, 11) is 0. The van der Waals surface area contributed by atoms with Crippen molar-refractivity contribution in [1.82, 2.24) is 4.98 Å². The van der Waals surface area contributed by atoms with Crippen LogP contribution in [-0.2, 0) is 11.3 Å². The Hall–Kier alpha value is -2.96. The predicted molar refractivity (Wildman–Crippen MR) is 68.1 cm³/mol. The molecule has 0 aliphatic carbocycles. The Morgan fingerprint density at radius 3 is 2.60 bits per heavy atom. The molecule has 0 saturated heterocycles. The largest absolute Gasteiger partial charge is 0.514 e. The van der Waals surface area contributed by atoms with Crippen LogP contribution >= 0.6 is 0 Å². The lowest BCUT2D eigenvalue weighted by atomic mass is 10.3. The van der Waals surface area contributed by atoms with E-state index in [-0.39, 0.29) is 18.0 Å². The molecule has 1 aromatic heterocycles. The summed E-state index contributed by atoms with van der Waals surface area (Å²) in [5, 5.41) is 10.7. The molecule has 0 unspecified atom stereocenters. The van der Waals surface area contributed by atoms with Crippen molar-refractivity contribution in [3.05, 3.63) is 64.5 Å². The first kappa shape index (κ1) is 13.5. The summed E-state index contributed by atoms with van der Waals surface area (Å²) >= 11 is 0. The van der Waals surface area contributed by atoms with Gasteiger partial charge in [-0.05, 0) is 23.8 Å². The average molecular weight is 274 g/mol. The number of para-hydroxylation sites is 2. The van der Waals surface area contributed by atoms with Crippen LogP contribution in [-0.4, -0.2) is 16.1 Å². The third-order valence-corrected chi connectivity index (χ3v) is 2.36. The van der Waals surface area contributed by atoms with Crippen molar-refractivity contribution in [2.45, 2.75) is 6.61 Å². The minimum absolute atomic E-state index is 0.00197. The first-order valence-electron chi connectivity index (χ1n) is 5.64. The second kappa shape index (κ2) is 6.28. The van der Waals surface area contributed by atoms with E-state index in [0.29, 0.717) is 0 Å². The molecule has 0 N–H and O–H groups in total. The number of hydrogen-bond acceptors (Lipinski definition) is 6. The molecule has 0 aliphatic heterocycles. The second-order valence-electron chi connectivity index (χ2n) is 3.72. The SMILES string of the molecule is O=C(OCc1ccncc1)Oc1ccccc1[N+](=O)[O-]. The van der Waals surface area contributed by atoms with Crippen LogP contribution in [0.1, 0.15) is 5.56 Å². The first-order valence-corrected chi connectivity index (χ1v) is 5.64. The molecule has 2 rings (SSSR count). The molecular formula is C13H10N2O5. The Bertz CT molecular complexity index is 615. The van der Waals surface area contributed by atoms with E-state index < -0.39 is 11.1 Å². The Labute approximate surface area is 113 Å². The standard InChI is InChI=1S/C13H10N2O5/c16-13(19-9-10-5-7-14-8-6-10)20-12-4-2-1-3-11(12)15(17)18/h1-8H,9H2. The zero-order chi connectivity index (χ0) is 14.4. The van der Waals surface area contributed by atoms with E-state index >= 15 is 0 Å². The molecule has 0 spiro atoms. The van der Waals surface area contributed by atoms with Gasteiger partial charge >= 0.3 is 11.8 Å². The molecule has 0 amide bonds. The summed E-state index contributed by atoms with van der Waals surface area (Å²) in [6, 6.07) is 8.93. The van der Waals surface area contributed by atoms with Crippen molar-refractivity contribution < 1.29 is 19.2 Å². The zero-order valence-corrected chi connectivity index (χ0v) is 10.3. The van der Waals surface area contributed by atoms with Crippen molar-refractivity contribution in [2.75, 3.05) is 0 Å². The fraction of sp³-hybridized carbons (Fsp3) is 0.0769. The molecular weight excluding hydrogens is 264 g/mol. The van der Waals surface area contributed by atoms with Crippen molar-refractivity contribution >= 4 is 11.8 Å². The minimum atomic E-state index is -1.00. The van der Waals surface area contributed by atoms with Gasteiger partial charge in [0, 0.05) is 18.5 Å². The number of benzene rings is 1. The summed E-state index contributed by atoms with van der Waals surface area (Å²) in [5.74, 6) is -0.155. The minimum Gasteiger partial charge on any atom is -0.429 e. The predicted octanol–water partition coefficient (Wildman–Crippen LogP) is 2.71. The second-order valence-corrected chi connectivity index (χ2v) is 3.72. The molecule has 7 heteroatoms. The van der Waals surface area contributed by atoms with Gasteiger partial charge in [-0.3, -0.25) is 15.1 Å². The Morgan fingerprint density at radius 2 is 1.90 bits per heavy atom. The molecule has 20 heavy (non-hydrogen) atoms. The first-order chi connectivity index (χ1) is 9.66. The van der Waals surface area contributed by atoms with Gasteiger partial charge in [-0.15, -0.1) is 0 Å². The molecule has 0 saturated carbocycles. The average Bonchev–Trinajstić information content (AvgIpc) is 2.46. The Balaban J connectivity index is 1.97. The van der Waals surface area contributed by atoms with Gasteiger partial charge in [0.1, 0.15) is 6.61 Å². The fourth-order valence-electron chi connectivity index (χ4n) is 1.43. The lowest BCUT2D eigenvalue weighted by Gasteiger charge is -2.06. The normalized spacial score (nSPS) is 9.80. The summed E-state index contributed by atoms with van der Waals surface area (Å²) in [4.78, 5) is 25.4. The highest BCUT2D eigenvalue weighted by Crippen LogP contribution is 2.26. The van der Waals surface area contributed by atoms with E-state index in [4.69, 9.17) is 9.47 Å². The number of carbonyl (C=O) groups is 1. The van der Waals surface area contributed by atoms with Gasteiger partial charge in [0.25, 0.3) is 0 Å². The molecule has 1 heterocycles. The highest BCUT2D eigenvalue weighted by Gasteiger charge is 2.17. The van der Waals surface area contributed by atoms with E-state index in [1.165, 1.54) is 24.3 Å². The molecule has 0 fully saturated rings.